The normalized spacial score (nSPS) is 11.5. The molecule has 0 nitrogen and oxygen atoms in total. The molecule has 0 unspecified atom stereocenters. The maximum absolute atomic E-state index is 12.1. The number of halogens is 3. The lowest BCUT2D eigenvalue weighted by Gasteiger charge is -2.09. The second-order valence-corrected chi connectivity index (χ2v) is 2.17. The van der Waals surface area contributed by atoms with Crippen LogP contribution in [0.15, 0.2) is 12.7 Å². The van der Waals surface area contributed by atoms with Gasteiger partial charge in [-0.1, -0.05) is 6.08 Å². The van der Waals surface area contributed by atoms with Crippen LogP contribution in [0.5, 0.6) is 0 Å². The minimum Gasteiger partial charge on any atom is -0.244 e. The lowest BCUT2D eigenvalue weighted by Crippen LogP contribution is -2.17. The van der Waals surface area contributed by atoms with Crippen LogP contribution >= 0.6 is 0 Å². The van der Waals surface area contributed by atoms with Crippen LogP contribution < -0.4 is 0 Å². The zero-order valence-corrected chi connectivity index (χ0v) is 5.75. The van der Waals surface area contributed by atoms with E-state index in [1.807, 2.05) is 0 Å². The average molecular weight is 152 g/mol. The van der Waals surface area contributed by atoms with Crippen molar-refractivity contribution in [1.82, 2.24) is 0 Å². The Morgan fingerprint density at radius 1 is 1.40 bits per heavy atom. The summed E-state index contributed by atoms with van der Waals surface area (Å²) in [6.45, 7) is 1.82. The van der Waals surface area contributed by atoms with Crippen molar-refractivity contribution < 1.29 is 13.2 Å². The summed E-state index contributed by atoms with van der Waals surface area (Å²) in [5, 5.41) is 0. The van der Waals surface area contributed by atoms with Gasteiger partial charge in [0.05, 0.1) is 0 Å². The highest BCUT2D eigenvalue weighted by molar-refractivity contribution is 4.70. The largest absolute Gasteiger partial charge is 0.275 e. The highest BCUT2D eigenvalue weighted by Gasteiger charge is 2.27. The lowest BCUT2D eigenvalue weighted by molar-refractivity contribution is -0.0313. The summed E-state index contributed by atoms with van der Waals surface area (Å²) in [6, 6.07) is 0. The van der Waals surface area contributed by atoms with Crippen LogP contribution in [-0.4, -0.2) is 12.6 Å². The van der Waals surface area contributed by atoms with Crippen molar-refractivity contribution in [2.24, 2.45) is 0 Å². The van der Waals surface area contributed by atoms with Crippen molar-refractivity contribution in [3.63, 3.8) is 0 Å². The van der Waals surface area contributed by atoms with Gasteiger partial charge in [0, 0.05) is 6.42 Å². The van der Waals surface area contributed by atoms with E-state index in [9.17, 15) is 13.2 Å². The molecule has 0 bridgehead atoms. The van der Waals surface area contributed by atoms with Crippen molar-refractivity contribution >= 4 is 0 Å². The maximum atomic E-state index is 12.1. The first-order chi connectivity index (χ1) is 4.62. The molecule has 0 heterocycles. The third kappa shape index (κ3) is 4.41. The fraction of sp³-hybridized carbons (Fsp3) is 0.714. The summed E-state index contributed by atoms with van der Waals surface area (Å²) in [6.07, 6.45) is 2.00. The second-order valence-electron chi connectivity index (χ2n) is 2.17. The summed E-state index contributed by atoms with van der Waals surface area (Å²) >= 11 is 0. The summed E-state index contributed by atoms with van der Waals surface area (Å²) in [7, 11) is 0. The van der Waals surface area contributed by atoms with E-state index in [1.165, 1.54) is 0 Å². The molecule has 0 aromatic carbocycles. The quantitative estimate of drug-likeness (QED) is 0.419. The molecular weight excluding hydrogens is 141 g/mol. The van der Waals surface area contributed by atoms with E-state index >= 15 is 0 Å². The first-order valence-electron chi connectivity index (χ1n) is 3.17. The standard InChI is InChI=1S/C7H11F3/c1-2-3-4-5-7(9,10)6-8/h2H,1,3-6H2. The van der Waals surface area contributed by atoms with E-state index in [1.54, 1.807) is 6.08 Å². The molecule has 0 amide bonds. The van der Waals surface area contributed by atoms with Gasteiger partial charge in [0.25, 0.3) is 5.92 Å². The van der Waals surface area contributed by atoms with Gasteiger partial charge >= 0.3 is 0 Å². The molecule has 0 aliphatic rings. The third-order valence-electron chi connectivity index (χ3n) is 1.15. The molecule has 60 valence electrons. The molecule has 10 heavy (non-hydrogen) atoms. The zero-order chi connectivity index (χ0) is 8.04. The van der Waals surface area contributed by atoms with E-state index in [0.717, 1.165) is 0 Å². The monoisotopic (exact) mass is 152 g/mol. The summed E-state index contributed by atoms with van der Waals surface area (Å²) in [5.74, 6) is -3.12. The van der Waals surface area contributed by atoms with Crippen molar-refractivity contribution in [2.75, 3.05) is 6.67 Å². The fourth-order valence-corrected chi connectivity index (χ4v) is 0.572. The van der Waals surface area contributed by atoms with Gasteiger partial charge in [-0.15, -0.1) is 6.58 Å². The minimum absolute atomic E-state index is 0.306. The van der Waals surface area contributed by atoms with Crippen molar-refractivity contribution in [1.29, 1.82) is 0 Å². The average Bonchev–Trinajstić information content (AvgIpc) is 1.89. The summed E-state index contributed by atoms with van der Waals surface area (Å²) in [4.78, 5) is 0. The molecule has 0 aliphatic carbocycles. The molecule has 0 rings (SSSR count). The number of hydrogen-bond donors (Lipinski definition) is 0. The first kappa shape index (κ1) is 9.53. The minimum atomic E-state index is -3.12. The van der Waals surface area contributed by atoms with Crippen LogP contribution in [0.25, 0.3) is 0 Å². The lowest BCUT2D eigenvalue weighted by atomic mass is 10.1. The first-order valence-corrected chi connectivity index (χ1v) is 3.17. The molecule has 0 saturated carbocycles. The Bertz CT molecular complexity index is 99.0. The molecule has 0 aliphatic heterocycles. The van der Waals surface area contributed by atoms with Gasteiger partial charge in [-0.2, -0.15) is 0 Å². The molecule has 0 saturated heterocycles. The molecule has 0 atom stereocenters. The Kier molecular flexibility index (Phi) is 4.16. The molecule has 0 fully saturated rings. The third-order valence-corrected chi connectivity index (χ3v) is 1.15. The predicted molar refractivity (Wildman–Crippen MR) is 35.0 cm³/mol. The van der Waals surface area contributed by atoms with Gasteiger partial charge in [0.2, 0.25) is 0 Å². The van der Waals surface area contributed by atoms with E-state index in [-0.39, 0.29) is 6.42 Å². The van der Waals surface area contributed by atoms with Crippen molar-refractivity contribution in [2.45, 2.75) is 25.2 Å². The van der Waals surface area contributed by atoms with Crippen LogP contribution in [-0.2, 0) is 0 Å². The Balaban J connectivity index is 3.36. The number of hydrogen-bond acceptors (Lipinski definition) is 0. The molecular formula is C7H11F3. The van der Waals surface area contributed by atoms with E-state index in [2.05, 4.69) is 6.58 Å². The molecule has 0 spiro atoms. The molecule has 0 radical (unpaired) electrons. The van der Waals surface area contributed by atoms with Gasteiger partial charge < -0.3 is 0 Å². The van der Waals surface area contributed by atoms with Crippen LogP contribution in [0, 0.1) is 0 Å². The van der Waals surface area contributed by atoms with Crippen molar-refractivity contribution in [3.05, 3.63) is 12.7 Å². The Morgan fingerprint density at radius 2 is 2.00 bits per heavy atom. The summed E-state index contributed by atoms with van der Waals surface area (Å²) < 4.78 is 35.6. The Hall–Kier alpha value is -0.470. The molecule has 0 N–H and O–H groups in total. The van der Waals surface area contributed by atoms with E-state index in [4.69, 9.17) is 0 Å². The fourth-order valence-electron chi connectivity index (χ4n) is 0.572. The predicted octanol–water partition coefficient (Wildman–Crippen LogP) is 2.95. The maximum Gasteiger partial charge on any atom is 0.275 e. The Labute approximate surface area is 58.7 Å². The van der Waals surface area contributed by atoms with Crippen LogP contribution in [0.3, 0.4) is 0 Å². The highest BCUT2D eigenvalue weighted by Crippen LogP contribution is 2.21. The number of alkyl halides is 3. The van der Waals surface area contributed by atoms with Gasteiger partial charge in [-0.3, -0.25) is 0 Å². The van der Waals surface area contributed by atoms with Crippen molar-refractivity contribution in [3.8, 4) is 0 Å². The van der Waals surface area contributed by atoms with E-state index in [0.29, 0.717) is 12.8 Å². The van der Waals surface area contributed by atoms with Crippen LogP contribution in [0.2, 0.25) is 0 Å². The molecule has 0 aromatic rings. The van der Waals surface area contributed by atoms with Gasteiger partial charge in [0.15, 0.2) is 6.67 Å². The highest BCUT2D eigenvalue weighted by atomic mass is 19.3. The topological polar surface area (TPSA) is 0 Å². The number of unbranched alkanes of at least 4 members (excludes halogenated alkanes) is 1. The molecule has 0 aromatic heterocycles. The summed E-state index contributed by atoms with van der Waals surface area (Å²) in [5.41, 5.74) is 0. The van der Waals surface area contributed by atoms with Crippen LogP contribution in [0.4, 0.5) is 13.2 Å². The number of allylic oxidation sites excluding steroid dienone is 1. The van der Waals surface area contributed by atoms with Gasteiger partial charge in [-0.25, -0.2) is 13.2 Å². The molecule has 3 heteroatoms. The van der Waals surface area contributed by atoms with Crippen LogP contribution in [0.1, 0.15) is 19.3 Å². The smallest absolute Gasteiger partial charge is 0.244 e. The number of rotatable bonds is 5. The van der Waals surface area contributed by atoms with Gasteiger partial charge in [-0.05, 0) is 12.8 Å². The van der Waals surface area contributed by atoms with E-state index < -0.39 is 12.6 Å². The second kappa shape index (κ2) is 4.36. The SMILES string of the molecule is C=CCCCC(F)(F)CF. The van der Waals surface area contributed by atoms with Gasteiger partial charge in [0.1, 0.15) is 0 Å². The Morgan fingerprint density at radius 3 is 2.40 bits per heavy atom. The zero-order valence-electron chi connectivity index (χ0n) is 5.75.